The standard InChI is InChI=1S/C10H11N3O/c1-7-8(6-14)5-13-4-2-3-9(11)10(13)12-7/h2-4,6H,5,11H2,1H3. The number of amidine groups is 1. The fraction of sp³-hybridized carbons (Fsp3) is 0.200. The monoisotopic (exact) mass is 189 g/mol. The first-order valence-electron chi connectivity index (χ1n) is 4.37. The van der Waals surface area contributed by atoms with Crippen LogP contribution < -0.4 is 5.73 Å². The van der Waals surface area contributed by atoms with Crippen molar-refractivity contribution in [2.75, 3.05) is 6.54 Å². The predicted molar refractivity (Wildman–Crippen MR) is 54.3 cm³/mol. The second-order valence-corrected chi connectivity index (χ2v) is 3.26. The molecule has 0 radical (unpaired) electrons. The molecule has 2 aliphatic heterocycles. The van der Waals surface area contributed by atoms with E-state index in [9.17, 15) is 4.79 Å². The molecular weight excluding hydrogens is 178 g/mol. The van der Waals surface area contributed by atoms with Crippen molar-refractivity contribution >= 4 is 12.1 Å². The molecule has 2 aliphatic rings. The Kier molecular flexibility index (Phi) is 1.96. The van der Waals surface area contributed by atoms with Gasteiger partial charge >= 0.3 is 0 Å². The number of hydrogen-bond donors (Lipinski definition) is 1. The average Bonchev–Trinajstić information content (AvgIpc) is 2.19. The number of aliphatic imine (C=N–C) groups is 1. The second-order valence-electron chi connectivity index (χ2n) is 3.26. The lowest BCUT2D eigenvalue weighted by Crippen LogP contribution is -2.36. The summed E-state index contributed by atoms with van der Waals surface area (Å²) in [5.41, 5.74) is 7.85. The number of hydrogen-bond acceptors (Lipinski definition) is 4. The summed E-state index contributed by atoms with van der Waals surface area (Å²) in [7, 11) is 0. The Hall–Kier alpha value is -1.84. The van der Waals surface area contributed by atoms with E-state index in [1.54, 1.807) is 6.08 Å². The Morgan fingerprint density at radius 1 is 1.64 bits per heavy atom. The van der Waals surface area contributed by atoms with Crippen LogP contribution in [0.4, 0.5) is 0 Å². The number of nitrogens with two attached hydrogens (primary N) is 1. The van der Waals surface area contributed by atoms with Crippen LogP contribution in [-0.4, -0.2) is 23.6 Å². The molecule has 0 unspecified atom stereocenters. The molecule has 0 aromatic carbocycles. The number of allylic oxidation sites excluding steroid dienone is 3. The van der Waals surface area contributed by atoms with E-state index in [2.05, 4.69) is 4.99 Å². The minimum atomic E-state index is 0.555. The van der Waals surface area contributed by atoms with Gasteiger partial charge in [0.1, 0.15) is 6.29 Å². The molecular formula is C10H11N3O. The third-order valence-electron chi connectivity index (χ3n) is 2.29. The van der Waals surface area contributed by atoms with Crippen LogP contribution in [0.1, 0.15) is 6.92 Å². The van der Waals surface area contributed by atoms with Crippen LogP contribution in [-0.2, 0) is 4.79 Å². The zero-order valence-corrected chi connectivity index (χ0v) is 7.90. The maximum Gasteiger partial charge on any atom is 0.156 e. The van der Waals surface area contributed by atoms with Gasteiger partial charge in [-0.05, 0) is 19.1 Å². The molecule has 0 aliphatic carbocycles. The first kappa shape index (κ1) is 8.74. The summed E-state index contributed by atoms with van der Waals surface area (Å²) < 4.78 is 0. The van der Waals surface area contributed by atoms with E-state index < -0.39 is 0 Å². The third kappa shape index (κ3) is 1.25. The van der Waals surface area contributed by atoms with Crippen LogP contribution in [0.3, 0.4) is 0 Å². The summed E-state index contributed by atoms with van der Waals surface area (Å²) in [4.78, 5) is 16.9. The number of carbonyl (C=O) groups excluding carboxylic acids is 1. The Labute approximate surface area is 82.1 Å². The maximum atomic E-state index is 10.7. The van der Waals surface area contributed by atoms with E-state index >= 15 is 0 Å². The summed E-state index contributed by atoms with van der Waals surface area (Å²) in [6.07, 6.45) is 6.36. The van der Waals surface area contributed by atoms with E-state index in [-0.39, 0.29) is 0 Å². The lowest BCUT2D eigenvalue weighted by atomic mass is 10.1. The zero-order valence-electron chi connectivity index (χ0n) is 7.90. The van der Waals surface area contributed by atoms with Crippen LogP contribution in [0.5, 0.6) is 0 Å². The number of aldehydes is 1. The van der Waals surface area contributed by atoms with Gasteiger partial charge in [-0.15, -0.1) is 0 Å². The molecule has 0 aromatic heterocycles. The lowest BCUT2D eigenvalue weighted by Gasteiger charge is -2.28. The van der Waals surface area contributed by atoms with Gasteiger partial charge in [0, 0.05) is 17.5 Å². The first-order chi connectivity index (χ1) is 6.72. The molecule has 0 fully saturated rings. The normalized spacial score (nSPS) is 20.2. The molecule has 14 heavy (non-hydrogen) atoms. The van der Waals surface area contributed by atoms with Gasteiger partial charge in [0.2, 0.25) is 0 Å². The number of carbonyl (C=O) groups is 1. The molecule has 72 valence electrons. The Balaban J connectivity index is 2.44. The van der Waals surface area contributed by atoms with Crippen LogP contribution in [0.2, 0.25) is 0 Å². The Morgan fingerprint density at radius 2 is 2.43 bits per heavy atom. The molecule has 2 heterocycles. The minimum Gasteiger partial charge on any atom is -0.396 e. The molecule has 0 amide bonds. The van der Waals surface area contributed by atoms with E-state index in [1.165, 1.54) is 0 Å². The van der Waals surface area contributed by atoms with E-state index in [0.717, 1.165) is 17.8 Å². The fourth-order valence-electron chi connectivity index (χ4n) is 1.47. The van der Waals surface area contributed by atoms with E-state index in [0.29, 0.717) is 17.8 Å². The van der Waals surface area contributed by atoms with Crippen molar-refractivity contribution in [3.8, 4) is 0 Å². The SMILES string of the molecule is CC1=C(C=O)CN2C=CC=C(N)C2=N1. The average molecular weight is 189 g/mol. The number of nitrogens with zero attached hydrogens (tertiary/aromatic N) is 2. The van der Waals surface area contributed by atoms with Gasteiger partial charge in [0.25, 0.3) is 0 Å². The summed E-state index contributed by atoms with van der Waals surface area (Å²) in [6, 6.07) is 0. The highest BCUT2D eigenvalue weighted by Gasteiger charge is 2.21. The van der Waals surface area contributed by atoms with Crippen molar-refractivity contribution in [2.45, 2.75) is 6.92 Å². The summed E-state index contributed by atoms with van der Waals surface area (Å²) in [5, 5.41) is 0. The van der Waals surface area contributed by atoms with E-state index in [4.69, 9.17) is 5.73 Å². The predicted octanol–water partition coefficient (Wildman–Crippen LogP) is 0.543. The Morgan fingerprint density at radius 3 is 3.14 bits per heavy atom. The van der Waals surface area contributed by atoms with Crippen LogP contribution in [0.25, 0.3) is 0 Å². The first-order valence-corrected chi connectivity index (χ1v) is 4.37. The Bertz CT molecular complexity index is 402. The van der Waals surface area contributed by atoms with Gasteiger partial charge in [-0.25, -0.2) is 4.99 Å². The highest BCUT2D eigenvalue weighted by Crippen LogP contribution is 2.18. The molecule has 0 saturated heterocycles. The van der Waals surface area contributed by atoms with Crippen LogP contribution in [0.15, 0.2) is 40.3 Å². The zero-order chi connectivity index (χ0) is 10.1. The summed E-state index contributed by atoms with van der Waals surface area (Å²) >= 11 is 0. The van der Waals surface area contributed by atoms with Gasteiger partial charge in [0.15, 0.2) is 5.84 Å². The van der Waals surface area contributed by atoms with Crippen LogP contribution in [0, 0.1) is 0 Å². The third-order valence-corrected chi connectivity index (χ3v) is 2.29. The molecule has 4 nitrogen and oxygen atoms in total. The minimum absolute atomic E-state index is 0.555. The molecule has 2 rings (SSSR count). The molecule has 0 bridgehead atoms. The molecule has 0 atom stereocenters. The highest BCUT2D eigenvalue weighted by atomic mass is 16.1. The number of fused-ring (bicyclic) bond motifs is 1. The quantitative estimate of drug-likeness (QED) is 0.612. The molecule has 0 aromatic rings. The fourth-order valence-corrected chi connectivity index (χ4v) is 1.47. The van der Waals surface area contributed by atoms with Gasteiger partial charge in [-0.2, -0.15) is 0 Å². The van der Waals surface area contributed by atoms with Crippen molar-refractivity contribution in [3.05, 3.63) is 35.3 Å². The maximum absolute atomic E-state index is 10.7. The van der Waals surface area contributed by atoms with Crippen molar-refractivity contribution in [1.82, 2.24) is 4.90 Å². The van der Waals surface area contributed by atoms with Gasteiger partial charge < -0.3 is 10.6 Å². The van der Waals surface area contributed by atoms with Gasteiger partial charge in [-0.1, -0.05) is 0 Å². The summed E-state index contributed by atoms with van der Waals surface area (Å²) in [5.74, 6) is 0.732. The van der Waals surface area contributed by atoms with Crippen molar-refractivity contribution in [1.29, 1.82) is 0 Å². The van der Waals surface area contributed by atoms with Crippen LogP contribution >= 0.6 is 0 Å². The number of rotatable bonds is 1. The second kappa shape index (κ2) is 3.14. The van der Waals surface area contributed by atoms with Crippen molar-refractivity contribution in [2.24, 2.45) is 10.7 Å². The van der Waals surface area contributed by atoms with Crippen molar-refractivity contribution in [3.63, 3.8) is 0 Å². The molecule has 4 heteroatoms. The summed E-state index contributed by atoms with van der Waals surface area (Å²) in [6.45, 7) is 2.37. The largest absolute Gasteiger partial charge is 0.396 e. The molecule has 0 spiro atoms. The van der Waals surface area contributed by atoms with Gasteiger partial charge in [-0.3, -0.25) is 4.79 Å². The molecule has 2 N–H and O–H groups in total. The van der Waals surface area contributed by atoms with Gasteiger partial charge in [0.05, 0.1) is 12.2 Å². The lowest BCUT2D eigenvalue weighted by molar-refractivity contribution is -0.105. The topological polar surface area (TPSA) is 58.7 Å². The molecule has 0 saturated carbocycles. The van der Waals surface area contributed by atoms with E-state index in [1.807, 2.05) is 24.1 Å². The highest BCUT2D eigenvalue weighted by molar-refractivity contribution is 6.01. The smallest absolute Gasteiger partial charge is 0.156 e. The van der Waals surface area contributed by atoms with Crippen molar-refractivity contribution < 1.29 is 4.79 Å².